The molecule has 1 aliphatic rings. The van der Waals surface area contributed by atoms with E-state index in [0.717, 1.165) is 27.7 Å². The highest BCUT2D eigenvalue weighted by Gasteiger charge is 2.20. The number of rotatable bonds is 6. The van der Waals surface area contributed by atoms with Gasteiger partial charge in [0.05, 0.1) is 5.39 Å². The summed E-state index contributed by atoms with van der Waals surface area (Å²) in [5, 5.41) is 7.13. The number of likely N-dealkylation sites (N-methyl/N-ethyl adjacent to an activating group) is 1. The van der Waals surface area contributed by atoms with Gasteiger partial charge < -0.3 is 26.0 Å². The third-order valence-electron chi connectivity index (χ3n) is 5.36. The van der Waals surface area contributed by atoms with Crippen LogP contribution in [-0.2, 0) is 22.4 Å². The zero-order valence-corrected chi connectivity index (χ0v) is 22.8. The van der Waals surface area contributed by atoms with Crippen LogP contribution in [0.5, 0.6) is 0 Å². The molecule has 2 heterocycles. The SMILES string of the molecule is CN(C=O)CCNC(=O)OC(C)(C)C.Nc1ccc(Nc2ncnc3sc4c(c23)CCCC4)cc1S. The van der Waals surface area contributed by atoms with Crippen molar-refractivity contribution in [3.8, 4) is 0 Å². The number of hydrogen-bond donors (Lipinski definition) is 4. The number of anilines is 3. The van der Waals surface area contributed by atoms with Gasteiger partial charge >= 0.3 is 6.09 Å². The molecule has 1 aromatic carbocycles. The first-order valence-corrected chi connectivity index (χ1v) is 13.1. The number of thiophene rings is 1. The van der Waals surface area contributed by atoms with Crippen LogP contribution in [0.3, 0.4) is 0 Å². The Hall–Kier alpha value is -3.05. The van der Waals surface area contributed by atoms with Crippen LogP contribution in [-0.4, -0.2) is 53.1 Å². The molecule has 2 aromatic heterocycles. The van der Waals surface area contributed by atoms with Crippen molar-refractivity contribution >= 4 is 63.9 Å². The molecule has 36 heavy (non-hydrogen) atoms. The van der Waals surface area contributed by atoms with Crippen LogP contribution in [0, 0.1) is 0 Å². The molecule has 194 valence electrons. The van der Waals surface area contributed by atoms with Crippen molar-refractivity contribution in [3.63, 3.8) is 0 Å². The molecule has 4 rings (SSSR count). The van der Waals surface area contributed by atoms with E-state index in [1.807, 2.05) is 18.2 Å². The van der Waals surface area contributed by atoms with E-state index in [2.05, 4.69) is 33.2 Å². The highest BCUT2D eigenvalue weighted by Crippen LogP contribution is 2.39. The lowest BCUT2D eigenvalue weighted by Gasteiger charge is -2.20. The number of nitrogens with zero attached hydrogens (tertiary/aromatic N) is 3. The molecule has 0 bridgehead atoms. The van der Waals surface area contributed by atoms with Crippen molar-refractivity contribution in [2.24, 2.45) is 0 Å². The molecule has 4 N–H and O–H groups in total. The van der Waals surface area contributed by atoms with Gasteiger partial charge in [0.15, 0.2) is 0 Å². The molecule has 9 nitrogen and oxygen atoms in total. The molecule has 0 radical (unpaired) electrons. The summed E-state index contributed by atoms with van der Waals surface area (Å²) >= 11 is 6.18. The normalized spacial score (nSPS) is 12.7. The number of aromatic nitrogens is 2. The van der Waals surface area contributed by atoms with E-state index in [4.69, 9.17) is 10.5 Å². The van der Waals surface area contributed by atoms with Gasteiger partial charge in [-0.15, -0.1) is 24.0 Å². The van der Waals surface area contributed by atoms with Gasteiger partial charge in [-0.1, -0.05) is 0 Å². The van der Waals surface area contributed by atoms with Crippen molar-refractivity contribution in [2.45, 2.75) is 57.0 Å². The number of alkyl carbamates (subject to hydrolysis) is 1. The number of amides is 2. The summed E-state index contributed by atoms with van der Waals surface area (Å²) in [4.78, 5) is 34.9. The summed E-state index contributed by atoms with van der Waals surface area (Å²) in [5.41, 5.74) is 8.38. The maximum Gasteiger partial charge on any atom is 0.407 e. The van der Waals surface area contributed by atoms with Gasteiger partial charge in [-0.05, 0) is 70.2 Å². The first-order valence-electron chi connectivity index (χ1n) is 11.8. The molecule has 11 heteroatoms. The Balaban J connectivity index is 0.000000226. The summed E-state index contributed by atoms with van der Waals surface area (Å²) in [6, 6.07) is 5.72. The first-order chi connectivity index (χ1) is 17.1. The van der Waals surface area contributed by atoms with Gasteiger partial charge in [0.25, 0.3) is 0 Å². The zero-order valence-electron chi connectivity index (χ0n) is 21.1. The summed E-state index contributed by atoms with van der Waals surface area (Å²) in [5.74, 6) is 0.877. The van der Waals surface area contributed by atoms with Crippen molar-refractivity contribution in [1.29, 1.82) is 0 Å². The summed E-state index contributed by atoms with van der Waals surface area (Å²) in [7, 11) is 1.64. The van der Waals surface area contributed by atoms with Crippen molar-refractivity contribution in [2.75, 3.05) is 31.2 Å². The minimum absolute atomic E-state index is 0.393. The second kappa shape index (κ2) is 12.3. The Morgan fingerprint density at radius 1 is 1.28 bits per heavy atom. The molecule has 1 aliphatic carbocycles. The average Bonchev–Trinajstić information content (AvgIpc) is 3.20. The van der Waals surface area contributed by atoms with Crippen LogP contribution < -0.4 is 16.4 Å². The first kappa shape index (κ1) is 27.5. The lowest BCUT2D eigenvalue weighted by Crippen LogP contribution is -2.36. The Morgan fingerprint density at radius 3 is 2.72 bits per heavy atom. The van der Waals surface area contributed by atoms with E-state index < -0.39 is 11.7 Å². The van der Waals surface area contributed by atoms with Crippen molar-refractivity contribution in [3.05, 3.63) is 35.0 Å². The van der Waals surface area contributed by atoms with Gasteiger partial charge in [-0.25, -0.2) is 14.8 Å². The molecule has 0 spiro atoms. The molecule has 0 saturated heterocycles. The van der Waals surface area contributed by atoms with Crippen LogP contribution in [0.4, 0.5) is 22.0 Å². The second-order valence-electron chi connectivity index (χ2n) is 9.53. The number of thiol groups is 1. The molecule has 0 unspecified atom stereocenters. The Labute approximate surface area is 221 Å². The van der Waals surface area contributed by atoms with E-state index in [1.165, 1.54) is 40.0 Å². The lowest BCUT2D eigenvalue weighted by molar-refractivity contribution is -0.116. The van der Waals surface area contributed by atoms with E-state index in [0.29, 0.717) is 25.2 Å². The third-order valence-corrected chi connectivity index (χ3v) is 6.94. The average molecular weight is 531 g/mol. The number of benzene rings is 1. The number of nitrogen functional groups attached to an aromatic ring is 1. The van der Waals surface area contributed by atoms with Gasteiger partial charge in [-0.3, -0.25) is 4.79 Å². The third kappa shape index (κ3) is 7.72. The number of hydrogen-bond acceptors (Lipinski definition) is 9. The van der Waals surface area contributed by atoms with E-state index in [-0.39, 0.29) is 0 Å². The van der Waals surface area contributed by atoms with Gasteiger partial charge in [0, 0.05) is 41.3 Å². The molecular formula is C25H34N6O3S2. The second-order valence-corrected chi connectivity index (χ2v) is 11.1. The Kier molecular flexibility index (Phi) is 9.38. The summed E-state index contributed by atoms with van der Waals surface area (Å²) in [6.45, 7) is 6.26. The molecule has 0 fully saturated rings. The van der Waals surface area contributed by atoms with Crippen LogP contribution in [0.25, 0.3) is 10.2 Å². The molecule has 0 saturated carbocycles. The predicted molar refractivity (Wildman–Crippen MR) is 148 cm³/mol. The number of fused-ring (bicyclic) bond motifs is 3. The minimum Gasteiger partial charge on any atom is -0.444 e. The fourth-order valence-corrected chi connectivity index (χ4v) is 5.09. The molecule has 3 aromatic rings. The number of carbonyl (C=O) groups excluding carboxylic acids is 2. The van der Waals surface area contributed by atoms with Gasteiger partial charge in [-0.2, -0.15) is 0 Å². The number of ether oxygens (including phenoxy) is 1. The van der Waals surface area contributed by atoms with E-state index in [9.17, 15) is 9.59 Å². The summed E-state index contributed by atoms with van der Waals surface area (Å²) < 4.78 is 5.00. The molecule has 0 aliphatic heterocycles. The lowest BCUT2D eigenvalue weighted by atomic mass is 9.97. The van der Waals surface area contributed by atoms with Crippen LogP contribution in [0.2, 0.25) is 0 Å². The van der Waals surface area contributed by atoms with Crippen molar-refractivity contribution < 1.29 is 14.3 Å². The predicted octanol–water partition coefficient (Wildman–Crippen LogP) is 4.78. The quantitative estimate of drug-likeness (QED) is 0.205. The van der Waals surface area contributed by atoms with Crippen LogP contribution in [0.15, 0.2) is 29.4 Å². The maximum atomic E-state index is 11.1. The number of nitrogens with two attached hydrogens (primary N) is 1. The number of carbonyl (C=O) groups is 2. The fraction of sp³-hybridized carbons (Fsp3) is 0.440. The Morgan fingerprint density at radius 2 is 2.03 bits per heavy atom. The number of nitrogens with one attached hydrogen (secondary N) is 2. The van der Waals surface area contributed by atoms with Crippen LogP contribution in [0.1, 0.15) is 44.1 Å². The topological polar surface area (TPSA) is 122 Å². The monoisotopic (exact) mass is 530 g/mol. The van der Waals surface area contributed by atoms with E-state index in [1.54, 1.807) is 45.5 Å². The smallest absolute Gasteiger partial charge is 0.407 e. The highest BCUT2D eigenvalue weighted by molar-refractivity contribution is 7.80. The number of aryl methyl sites for hydroxylation is 2. The van der Waals surface area contributed by atoms with Crippen molar-refractivity contribution in [1.82, 2.24) is 20.2 Å². The van der Waals surface area contributed by atoms with Gasteiger partial charge in [0.1, 0.15) is 22.6 Å². The highest BCUT2D eigenvalue weighted by atomic mass is 32.1. The standard InChI is InChI=1S/C16H16N4S2.C9H18N2O3/c17-11-6-5-9(7-12(11)21)20-15-14-10-3-1-2-4-13(10)22-16(14)19-8-18-15;1-9(2,3)14-8(13)10-5-6-11(4)7-12/h5-8,21H,1-4,17H2,(H,18,19,20);7H,5-6H2,1-4H3,(H,10,13). The van der Waals surface area contributed by atoms with Gasteiger partial charge in [0.2, 0.25) is 6.41 Å². The summed E-state index contributed by atoms with van der Waals surface area (Å²) in [6.07, 6.45) is 6.68. The molecule has 2 amide bonds. The Bertz CT molecular complexity index is 1210. The zero-order chi connectivity index (χ0) is 26.3. The van der Waals surface area contributed by atoms with Crippen LogP contribution >= 0.6 is 24.0 Å². The maximum absolute atomic E-state index is 11.1. The molecule has 0 atom stereocenters. The van der Waals surface area contributed by atoms with E-state index >= 15 is 0 Å². The largest absolute Gasteiger partial charge is 0.444 e. The molecular weight excluding hydrogens is 496 g/mol. The minimum atomic E-state index is -0.485. The fourth-order valence-electron chi connectivity index (χ4n) is 3.64.